The first-order valence-electron chi connectivity index (χ1n) is 6.38. The van der Waals surface area contributed by atoms with Crippen molar-refractivity contribution in [2.45, 2.75) is 0 Å². The molecule has 2 N–H and O–H groups in total. The molecule has 0 radical (unpaired) electrons. The standard InChI is InChI=1S/C16H11N3O/c20-16-11-6-2-4-8-14(11)18-15(19-16)12-9-17-13-7-3-1-5-10(12)13/h1-9,17H,(H,18,19,20). The van der Waals surface area contributed by atoms with Crippen molar-refractivity contribution in [3.63, 3.8) is 0 Å². The molecule has 20 heavy (non-hydrogen) atoms. The summed E-state index contributed by atoms with van der Waals surface area (Å²) < 4.78 is 0. The van der Waals surface area contributed by atoms with Crippen molar-refractivity contribution >= 4 is 21.8 Å². The van der Waals surface area contributed by atoms with Crippen LogP contribution >= 0.6 is 0 Å². The van der Waals surface area contributed by atoms with Gasteiger partial charge in [0.15, 0.2) is 0 Å². The lowest BCUT2D eigenvalue weighted by molar-refractivity contribution is 1.18. The number of benzene rings is 2. The maximum atomic E-state index is 12.1. The van der Waals surface area contributed by atoms with E-state index in [1.807, 2.05) is 48.7 Å². The number of aromatic amines is 2. The molecule has 0 aliphatic carbocycles. The summed E-state index contributed by atoms with van der Waals surface area (Å²) in [5.74, 6) is 0.589. The maximum absolute atomic E-state index is 12.1. The third-order valence-electron chi connectivity index (χ3n) is 3.46. The van der Waals surface area contributed by atoms with Crippen molar-refractivity contribution in [1.82, 2.24) is 15.0 Å². The van der Waals surface area contributed by atoms with E-state index in [1.165, 1.54) is 0 Å². The lowest BCUT2D eigenvalue weighted by Gasteiger charge is -2.01. The number of nitrogens with zero attached hydrogens (tertiary/aromatic N) is 1. The first-order chi connectivity index (χ1) is 9.83. The number of fused-ring (bicyclic) bond motifs is 2. The van der Waals surface area contributed by atoms with Crippen molar-refractivity contribution in [1.29, 1.82) is 0 Å². The molecule has 0 bridgehead atoms. The lowest BCUT2D eigenvalue weighted by Crippen LogP contribution is -2.09. The summed E-state index contributed by atoms with van der Waals surface area (Å²) in [4.78, 5) is 22.7. The Morgan fingerprint density at radius 2 is 1.65 bits per heavy atom. The topological polar surface area (TPSA) is 61.5 Å². The second-order valence-corrected chi connectivity index (χ2v) is 4.68. The molecular weight excluding hydrogens is 250 g/mol. The smallest absolute Gasteiger partial charge is 0.259 e. The van der Waals surface area contributed by atoms with Crippen LogP contribution in [0.5, 0.6) is 0 Å². The second-order valence-electron chi connectivity index (χ2n) is 4.68. The van der Waals surface area contributed by atoms with Gasteiger partial charge < -0.3 is 9.97 Å². The Balaban J connectivity index is 2.05. The molecule has 0 aliphatic rings. The van der Waals surface area contributed by atoms with Gasteiger partial charge in [0.2, 0.25) is 0 Å². The van der Waals surface area contributed by atoms with Gasteiger partial charge in [0.05, 0.1) is 10.9 Å². The zero-order valence-electron chi connectivity index (χ0n) is 10.6. The van der Waals surface area contributed by atoms with E-state index in [1.54, 1.807) is 6.07 Å². The van der Waals surface area contributed by atoms with Crippen molar-refractivity contribution in [2.75, 3.05) is 0 Å². The van der Waals surface area contributed by atoms with E-state index in [0.29, 0.717) is 16.7 Å². The van der Waals surface area contributed by atoms with Crippen molar-refractivity contribution in [2.24, 2.45) is 0 Å². The Bertz CT molecular complexity index is 982. The van der Waals surface area contributed by atoms with E-state index in [-0.39, 0.29) is 5.56 Å². The van der Waals surface area contributed by atoms with Gasteiger partial charge in [-0.1, -0.05) is 30.3 Å². The van der Waals surface area contributed by atoms with Gasteiger partial charge in [0.25, 0.3) is 5.56 Å². The van der Waals surface area contributed by atoms with E-state index in [9.17, 15) is 4.79 Å². The van der Waals surface area contributed by atoms with Gasteiger partial charge in [-0.15, -0.1) is 0 Å². The Labute approximate surface area is 114 Å². The molecule has 4 heteroatoms. The average Bonchev–Trinajstić information content (AvgIpc) is 2.91. The number of nitrogens with one attached hydrogen (secondary N) is 2. The average molecular weight is 261 g/mol. The molecule has 0 aliphatic heterocycles. The predicted octanol–water partition coefficient (Wildman–Crippen LogP) is 3.07. The summed E-state index contributed by atoms with van der Waals surface area (Å²) in [6, 6.07) is 15.3. The van der Waals surface area contributed by atoms with Crippen LogP contribution < -0.4 is 5.56 Å². The van der Waals surface area contributed by atoms with Crippen LogP contribution in [-0.2, 0) is 0 Å². The molecule has 4 aromatic rings. The normalized spacial score (nSPS) is 11.2. The molecule has 2 aromatic heterocycles. The van der Waals surface area contributed by atoms with Crippen LogP contribution in [0.1, 0.15) is 0 Å². The van der Waals surface area contributed by atoms with Crippen LogP contribution in [0, 0.1) is 0 Å². The highest BCUT2D eigenvalue weighted by atomic mass is 16.1. The zero-order chi connectivity index (χ0) is 13.5. The van der Waals surface area contributed by atoms with Crippen LogP contribution in [0.2, 0.25) is 0 Å². The van der Waals surface area contributed by atoms with Crippen LogP contribution in [-0.4, -0.2) is 15.0 Å². The fourth-order valence-electron chi connectivity index (χ4n) is 2.48. The van der Waals surface area contributed by atoms with Gasteiger partial charge in [0.1, 0.15) is 5.82 Å². The molecule has 0 saturated heterocycles. The molecule has 0 saturated carbocycles. The monoisotopic (exact) mass is 261 g/mol. The molecule has 96 valence electrons. The number of H-pyrrole nitrogens is 2. The minimum atomic E-state index is -0.115. The Hall–Kier alpha value is -2.88. The van der Waals surface area contributed by atoms with E-state index in [2.05, 4.69) is 15.0 Å². The molecule has 0 spiro atoms. The Kier molecular flexibility index (Phi) is 2.23. The SMILES string of the molecule is O=c1[nH]c(-c2c[nH]c3ccccc23)nc2ccccc12. The number of hydrogen-bond acceptors (Lipinski definition) is 2. The third-order valence-corrected chi connectivity index (χ3v) is 3.46. The van der Waals surface area contributed by atoms with E-state index in [0.717, 1.165) is 16.5 Å². The van der Waals surface area contributed by atoms with Crippen LogP contribution in [0.4, 0.5) is 0 Å². The first-order valence-corrected chi connectivity index (χ1v) is 6.38. The quantitative estimate of drug-likeness (QED) is 0.553. The minimum absolute atomic E-state index is 0.115. The van der Waals surface area contributed by atoms with Gasteiger partial charge in [-0.2, -0.15) is 0 Å². The van der Waals surface area contributed by atoms with Gasteiger partial charge in [-0.3, -0.25) is 4.79 Å². The van der Waals surface area contributed by atoms with Crippen LogP contribution in [0.25, 0.3) is 33.2 Å². The number of para-hydroxylation sites is 2. The molecule has 0 atom stereocenters. The molecule has 4 rings (SSSR count). The zero-order valence-corrected chi connectivity index (χ0v) is 10.6. The highest BCUT2D eigenvalue weighted by Gasteiger charge is 2.09. The third kappa shape index (κ3) is 1.55. The van der Waals surface area contributed by atoms with E-state index < -0.39 is 0 Å². The predicted molar refractivity (Wildman–Crippen MR) is 79.7 cm³/mol. The number of rotatable bonds is 1. The fraction of sp³-hybridized carbons (Fsp3) is 0. The first kappa shape index (κ1) is 11.0. The summed E-state index contributed by atoms with van der Waals surface area (Å²) in [6.07, 6.45) is 1.87. The second kappa shape index (κ2) is 4.06. The maximum Gasteiger partial charge on any atom is 0.259 e. The van der Waals surface area contributed by atoms with Gasteiger partial charge in [-0.25, -0.2) is 4.98 Å². The molecule has 0 amide bonds. The van der Waals surface area contributed by atoms with Crippen LogP contribution in [0.15, 0.2) is 59.5 Å². The Morgan fingerprint density at radius 3 is 2.55 bits per heavy atom. The van der Waals surface area contributed by atoms with Crippen molar-refractivity contribution in [3.8, 4) is 11.4 Å². The summed E-state index contributed by atoms with van der Waals surface area (Å²) in [7, 11) is 0. The van der Waals surface area contributed by atoms with Crippen molar-refractivity contribution in [3.05, 3.63) is 65.1 Å². The largest absolute Gasteiger partial charge is 0.360 e. The van der Waals surface area contributed by atoms with Gasteiger partial charge in [0, 0.05) is 22.7 Å². The summed E-state index contributed by atoms with van der Waals surface area (Å²) in [5.41, 5.74) is 2.52. The molecule has 4 nitrogen and oxygen atoms in total. The van der Waals surface area contributed by atoms with Gasteiger partial charge >= 0.3 is 0 Å². The van der Waals surface area contributed by atoms with Crippen molar-refractivity contribution < 1.29 is 0 Å². The molecular formula is C16H11N3O. The fourth-order valence-corrected chi connectivity index (χ4v) is 2.48. The number of hydrogen-bond donors (Lipinski definition) is 2. The van der Waals surface area contributed by atoms with E-state index >= 15 is 0 Å². The van der Waals surface area contributed by atoms with Crippen LogP contribution in [0.3, 0.4) is 0 Å². The highest BCUT2D eigenvalue weighted by Crippen LogP contribution is 2.25. The highest BCUT2D eigenvalue weighted by molar-refractivity contribution is 5.94. The summed E-state index contributed by atoms with van der Waals surface area (Å²) in [5, 5.41) is 1.65. The lowest BCUT2D eigenvalue weighted by atomic mass is 10.1. The van der Waals surface area contributed by atoms with Gasteiger partial charge in [-0.05, 0) is 18.2 Å². The van der Waals surface area contributed by atoms with E-state index in [4.69, 9.17) is 0 Å². The number of aromatic nitrogens is 3. The molecule has 2 heterocycles. The summed E-state index contributed by atoms with van der Waals surface area (Å²) in [6.45, 7) is 0. The molecule has 0 unspecified atom stereocenters. The Morgan fingerprint density at radius 1 is 0.900 bits per heavy atom. The molecule has 2 aromatic carbocycles. The summed E-state index contributed by atoms with van der Waals surface area (Å²) >= 11 is 0. The molecule has 0 fully saturated rings. The minimum Gasteiger partial charge on any atom is -0.360 e.